The second-order valence-corrected chi connectivity index (χ2v) is 10.4. The minimum Gasteiger partial charge on any atom is -0.373 e. The van der Waals surface area contributed by atoms with Gasteiger partial charge in [0.2, 0.25) is 5.95 Å². The Labute approximate surface area is 270 Å². The van der Waals surface area contributed by atoms with Crippen LogP contribution in [-0.4, -0.2) is 31.6 Å². The predicted octanol–water partition coefficient (Wildman–Crippen LogP) is 7.90. The molecule has 0 saturated carbocycles. The first kappa shape index (κ1) is 32.9. The lowest BCUT2D eigenvalue weighted by Crippen LogP contribution is -2.07. The van der Waals surface area contributed by atoms with Crippen molar-refractivity contribution in [1.29, 1.82) is 10.5 Å². The topological polar surface area (TPSA) is 212 Å². The van der Waals surface area contributed by atoms with Crippen molar-refractivity contribution in [2.45, 2.75) is 34.1 Å². The summed E-state index contributed by atoms with van der Waals surface area (Å²) in [5.74, 6) is 0.810. The molecule has 0 aliphatic rings. The highest BCUT2D eigenvalue weighted by Crippen LogP contribution is 2.28. The summed E-state index contributed by atoms with van der Waals surface area (Å²) >= 11 is 0. The minimum absolute atomic E-state index is 0.0219. The van der Waals surface area contributed by atoms with Gasteiger partial charge in [0.15, 0.2) is 23.1 Å². The number of nitrogens with one attached hydrogen (secondary N) is 4. The number of rotatable bonds is 10. The molecule has 0 bridgehead atoms. The molecule has 4 N–H and O–H groups in total. The summed E-state index contributed by atoms with van der Waals surface area (Å²) in [6, 6.07) is 19.4. The average Bonchev–Trinajstić information content (AvgIpc) is 3.68. The van der Waals surface area contributed by atoms with Crippen molar-refractivity contribution in [2.24, 2.45) is 42.5 Å². The normalized spacial score (nSPS) is 11.9. The smallest absolute Gasteiger partial charge is 0.373 e. The van der Waals surface area contributed by atoms with E-state index in [2.05, 4.69) is 71.1 Å². The van der Waals surface area contributed by atoms with Gasteiger partial charge in [0.05, 0.1) is 11.4 Å². The van der Waals surface area contributed by atoms with Gasteiger partial charge in [0, 0.05) is 11.8 Å². The molecule has 4 aromatic rings. The monoisotopic (exact) mass is 624 g/mol. The molecule has 0 radical (unpaired) electrons. The van der Waals surface area contributed by atoms with Crippen LogP contribution in [-0.2, 0) is 6.42 Å². The van der Waals surface area contributed by atoms with Crippen LogP contribution in [0.4, 0.5) is 34.9 Å². The fourth-order valence-corrected chi connectivity index (χ4v) is 3.72. The van der Waals surface area contributed by atoms with Crippen LogP contribution in [0.1, 0.15) is 50.2 Å². The van der Waals surface area contributed by atoms with E-state index in [-0.39, 0.29) is 46.8 Å². The fraction of sp³-hybridized carbons (Fsp3) is 0.226. The Hall–Kier alpha value is -7.04. The minimum atomic E-state index is -0.0585. The van der Waals surface area contributed by atoms with Gasteiger partial charge in [-0.2, -0.15) is 25.7 Å². The van der Waals surface area contributed by atoms with E-state index in [1.165, 1.54) is 0 Å². The molecule has 0 spiro atoms. The van der Waals surface area contributed by atoms with E-state index in [1.807, 2.05) is 88.4 Å². The average molecular weight is 625 g/mol. The highest BCUT2D eigenvalue weighted by molar-refractivity contribution is 5.85. The molecular weight excluding hydrogens is 596 g/mol. The second-order valence-electron chi connectivity index (χ2n) is 10.4. The lowest BCUT2D eigenvalue weighted by molar-refractivity contribution is 0.856. The summed E-state index contributed by atoms with van der Waals surface area (Å²) < 4.78 is 0. The first-order valence-electron chi connectivity index (χ1n) is 14.2. The van der Waals surface area contributed by atoms with Crippen LogP contribution in [0, 0.1) is 47.6 Å². The molecule has 232 valence electrons. The third-order valence-corrected chi connectivity index (χ3v) is 6.22. The highest BCUT2D eigenvalue weighted by atomic mass is 15.4. The molecule has 16 heteroatoms. The molecule has 0 aliphatic heterocycles. The number of hydrazone groups is 2. The van der Waals surface area contributed by atoms with Gasteiger partial charge in [-0.25, -0.2) is 0 Å². The summed E-state index contributed by atoms with van der Waals surface area (Å²) in [5, 5.41) is 43.1. The zero-order chi connectivity index (χ0) is 33.8. The predicted molar refractivity (Wildman–Crippen MR) is 176 cm³/mol. The molecule has 0 fully saturated rings. The van der Waals surface area contributed by atoms with E-state index in [1.54, 1.807) is 0 Å². The van der Waals surface area contributed by atoms with E-state index in [4.69, 9.17) is 23.7 Å². The van der Waals surface area contributed by atoms with Crippen molar-refractivity contribution in [3.63, 3.8) is 0 Å². The van der Waals surface area contributed by atoms with E-state index < -0.39 is 0 Å². The molecule has 0 aliphatic carbocycles. The van der Waals surface area contributed by atoms with Crippen molar-refractivity contribution >= 4 is 46.6 Å². The maximum Gasteiger partial charge on any atom is 0.414 e. The van der Waals surface area contributed by atoms with Crippen LogP contribution < -0.4 is 10.9 Å². The molecule has 2 heterocycles. The Morgan fingerprint density at radius 3 is 1.66 bits per heavy atom. The molecule has 0 atom stereocenters. The number of amidine groups is 2. The summed E-state index contributed by atoms with van der Waals surface area (Å²) in [6.45, 7) is 21.9. The van der Waals surface area contributed by atoms with Gasteiger partial charge in [0.1, 0.15) is 12.1 Å². The van der Waals surface area contributed by atoms with Crippen molar-refractivity contribution in [1.82, 2.24) is 19.9 Å². The number of azo groups is 2. The van der Waals surface area contributed by atoms with E-state index in [0.717, 1.165) is 22.5 Å². The molecule has 47 heavy (non-hydrogen) atoms. The number of imidazole rings is 2. The van der Waals surface area contributed by atoms with Gasteiger partial charge in [-0.15, -0.1) is 15.3 Å². The van der Waals surface area contributed by atoms with Gasteiger partial charge in [-0.3, -0.25) is 15.8 Å². The van der Waals surface area contributed by atoms with Crippen molar-refractivity contribution in [3.8, 4) is 12.1 Å². The van der Waals surface area contributed by atoms with Crippen LogP contribution >= 0.6 is 0 Å². The number of hydrogen-bond acceptors (Lipinski definition) is 10. The van der Waals surface area contributed by atoms with Crippen LogP contribution in [0.5, 0.6) is 0 Å². The quantitative estimate of drug-likeness (QED) is 0.0452. The molecule has 4 rings (SSSR count). The maximum absolute atomic E-state index is 9.06. The van der Waals surface area contributed by atoms with Crippen molar-refractivity contribution < 1.29 is 0 Å². The van der Waals surface area contributed by atoms with E-state index in [0.29, 0.717) is 18.1 Å². The van der Waals surface area contributed by atoms with Gasteiger partial charge in [0.25, 0.3) is 11.6 Å². The van der Waals surface area contributed by atoms with Gasteiger partial charge >= 0.3 is 5.95 Å². The molecule has 0 amide bonds. The van der Waals surface area contributed by atoms with E-state index >= 15 is 0 Å². The summed E-state index contributed by atoms with van der Waals surface area (Å²) in [4.78, 5) is 19.6. The summed E-state index contributed by atoms with van der Waals surface area (Å²) in [6.07, 6.45) is 0.713. The molecule has 2 aromatic carbocycles. The Morgan fingerprint density at radius 1 is 0.766 bits per heavy atom. The third kappa shape index (κ3) is 8.99. The van der Waals surface area contributed by atoms with Crippen molar-refractivity contribution in [3.05, 3.63) is 93.9 Å². The fourth-order valence-electron chi connectivity index (χ4n) is 3.72. The molecule has 0 saturated heterocycles. The Balaban J connectivity index is 1.34. The van der Waals surface area contributed by atoms with Crippen LogP contribution in [0.25, 0.3) is 9.69 Å². The van der Waals surface area contributed by atoms with Crippen LogP contribution in [0.2, 0.25) is 0 Å². The zero-order valence-electron chi connectivity index (χ0n) is 25.8. The van der Waals surface area contributed by atoms with Crippen LogP contribution in [0.3, 0.4) is 0 Å². The lowest BCUT2D eigenvalue weighted by atomic mass is 10.0. The maximum atomic E-state index is 9.06. The summed E-state index contributed by atoms with van der Waals surface area (Å²) in [7, 11) is 0. The number of nitriles is 2. The highest BCUT2D eigenvalue weighted by Gasteiger charge is 2.14. The number of anilines is 2. The zero-order valence-corrected chi connectivity index (χ0v) is 25.8. The number of aromatic amines is 2. The van der Waals surface area contributed by atoms with Gasteiger partial charge in [-0.1, -0.05) is 75.2 Å². The Kier molecular flexibility index (Phi) is 10.9. The largest absolute Gasteiger partial charge is 0.414 e. The number of aromatic nitrogens is 4. The Bertz CT molecular complexity index is 1790. The number of H-pyrrole nitrogens is 2. The third-order valence-electron chi connectivity index (χ3n) is 6.22. The molecular formula is C31H28N16. The number of benzene rings is 2. The lowest BCUT2D eigenvalue weighted by Gasteiger charge is -2.08. The first-order valence-corrected chi connectivity index (χ1v) is 14.2. The second kappa shape index (κ2) is 15.6. The molecule has 0 unspecified atom stereocenters. The Morgan fingerprint density at radius 2 is 1.28 bits per heavy atom. The van der Waals surface area contributed by atoms with Gasteiger partial charge < -0.3 is 14.7 Å². The van der Waals surface area contributed by atoms with E-state index in [9.17, 15) is 0 Å². The SMILES string of the molecule is [C-]#[N+]c1nc(N=NC(=NNc2ccc(Cc3ccc(NN=C(N=Nc4nc(C#N)c(C#N)[nH]4)C(C)C)cc3)cc2)C(C)C)[nH]c1[N+]#[C-]. The summed E-state index contributed by atoms with van der Waals surface area (Å²) in [5.41, 5.74) is 9.72. The number of nitrogens with zero attached hydrogens (tertiary/aromatic N) is 12. The number of hydrogen-bond donors (Lipinski definition) is 4. The van der Waals surface area contributed by atoms with Crippen LogP contribution in [0.15, 0.2) is 79.2 Å². The van der Waals surface area contributed by atoms with Crippen molar-refractivity contribution in [2.75, 3.05) is 10.9 Å². The first-order chi connectivity index (χ1) is 22.7. The molecule has 2 aromatic heterocycles. The molecule has 16 nitrogen and oxygen atoms in total. The standard InChI is InChI=1S/C31H28N16/c1-18(2)26(44-46-30-36-24(16-32)25(17-33)37-30)42-40-22-11-7-20(8-12-22)15-21-9-13-23(14-10-21)41-43-27(19(3)4)45-47-31-38-28(34-5)29(35-6)39-31/h7-14,18-19,40-41H,15H2,1-4H3,(H,36,37)(H,38,39). The van der Waals surface area contributed by atoms with Gasteiger partial charge in [-0.05, 0) is 41.8 Å².